The second-order valence-electron chi connectivity index (χ2n) is 7.15. The van der Waals surface area contributed by atoms with Gasteiger partial charge in [-0.3, -0.25) is 9.48 Å². The number of hydrogen-bond donors (Lipinski definition) is 1. The van der Waals surface area contributed by atoms with Crippen LogP contribution >= 0.6 is 46.4 Å². The molecule has 1 amide bonds. The predicted molar refractivity (Wildman–Crippen MR) is 130 cm³/mol. The van der Waals surface area contributed by atoms with Gasteiger partial charge >= 0.3 is 0 Å². The first-order chi connectivity index (χ1) is 15.8. The largest absolute Gasteiger partial charge is 0.471 e. The van der Waals surface area contributed by atoms with Crippen LogP contribution < -0.4 is 10.1 Å². The Balaban J connectivity index is 1.37. The highest BCUT2D eigenvalue weighted by molar-refractivity contribution is 6.42. The van der Waals surface area contributed by atoms with Crippen molar-refractivity contribution in [3.8, 4) is 5.75 Å². The van der Waals surface area contributed by atoms with Crippen molar-refractivity contribution >= 4 is 58.1 Å². The number of aromatic nitrogens is 4. The van der Waals surface area contributed by atoms with Gasteiger partial charge in [0.15, 0.2) is 18.2 Å². The molecule has 7 nitrogen and oxygen atoms in total. The molecule has 4 rings (SSSR count). The van der Waals surface area contributed by atoms with E-state index in [1.807, 2.05) is 19.1 Å². The van der Waals surface area contributed by atoms with E-state index >= 15 is 0 Å². The summed E-state index contributed by atoms with van der Waals surface area (Å²) >= 11 is 24.3. The van der Waals surface area contributed by atoms with E-state index in [4.69, 9.17) is 51.1 Å². The molecule has 170 valence electrons. The molecule has 0 radical (unpaired) electrons. The van der Waals surface area contributed by atoms with Gasteiger partial charge in [-0.1, -0.05) is 52.5 Å². The van der Waals surface area contributed by atoms with E-state index in [2.05, 4.69) is 15.5 Å². The minimum Gasteiger partial charge on any atom is -0.471 e. The van der Waals surface area contributed by atoms with Crippen molar-refractivity contribution in [3.05, 3.63) is 91.8 Å². The van der Waals surface area contributed by atoms with Gasteiger partial charge < -0.3 is 10.1 Å². The maximum Gasteiger partial charge on any atom is 0.277 e. The van der Waals surface area contributed by atoms with Crippen LogP contribution in [0.2, 0.25) is 20.1 Å². The monoisotopic (exact) mass is 523 g/mol. The standard InChI is InChI=1S/C22H17Cl4N5O2/c1-13-8-15(3-5-16(13)23)33-12-30-7-6-20(28-30)22(32)27-21-19(26)11-31(29-21)10-14-2-4-17(24)18(25)9-14/h2-9,11H,10,12H2,1H3,(H,27,29,32). The number of benzene rings is 2. The minimum atomic E-state index is -0.447. The Kier molecular flexibility index (Phi) is 7.14. The van der Waals surface area contributed by atoms with Gasteiger partial charge in [0.1, 0.15) is 10.8 Å². The topological polar surface area (TPSA) is 74.0 Å². The minimum absolute atomic E-state index is 0.132. The summed E-state index contributed by atoms with van der Waals surface area (Å²) in [5.74, 6) is 0.430. The van der Waals surface area contributed by atoms with Crippen molar-refractivity contribution < 1.29 is 9.53 Å². The van der Waals surface area contributed by atoms with E-state index in [0.29, 0.717) is 32.4 Å². The summed E-state index contributed by atoms with van der Waals surface area (Å²) in [5, 5.41) is 13.1. The van der Waals surface area contributed by atoms with E-state index in [9.17, 15) is 4.79 Å². The average molecular weight is 525 g/mol. The molecule has 2 aromatic carbocycles. The molecular formula is C22H17Cl4N5O2. The Hall–Kier alpha value is -2.71. The molecule has 1 N–H and O–H groups in total. The quantitative estimate of drug-likeness (QED) is 0.306. The van der Waals surface area contributed by atoms with E-state index in [1.165, 1.54) is 4.68 Å². The molecule has 0 aliphatic heterocycles. The Morgan fingerprint density at radius 3 is 2.48 bits per heavy atom. The molecular weight excluding hydrogens is 508 g/mol. The molecule has 0 atom stereocenters. The summed E-state index contributed by atoms with van der Waals surface area (Å²) in [6, 6.07) is 12.2. The van der Waals surface area contributed by atoms with Gasteiger partial charge in [0.05, 0.1) is 16.6 Å². The van der Waals surface area contributed by atoms with Crippen molar-refractivity contribution in [1.82, 2.24) is 19.6 Å². The van der Waals surface area contributed by atoms with E-state index < -0.39 is 5.91 Å². The summed E-state index contributed by atoms with van der Waals surface area (Å²) < 4.78 is 8.79. The number of anilines is 1. The molecule has 0 spiro atoms. The molecule has 0 saturated carbocycles. The number of hydrogen-bond acceptors (Lipinski definition) is 4. The highest BCUT2D eigenvalue weighted by Crippen LogP contribution is 2.25. The van der Waals surface area contributed by atoms with Gasteiger partial charge in [0, 0.05) is 17.4 Å². The molecule has 0 aliphatic carbocycles. The number of nitrogens with zero attached hydrogens (tertiary/aromatic N) is 4. The lowest BCUT2D eigenvalue weighted by atomic mass is 10.2. The van der Waals surface area contributed by atoms with E-state index in [0.717, 1.165) is 11.1 Å². The Morgan fingerprint density at radius 2 is 1.73 bits per heavy atom. The van der Waals surface area contributed by atoms with Crippen LogP contribution in [-0.2, 0) is 13.3 Å². The first-order valence-corrected chi connectivity index (χ1v) is 11.2. The smallest absolute Gasteiger partial charge is 0.277 e. The average Bonchev–Trinajstić information content (AvgIpc) is 3.38. The van der Waals surface area contributed by atoms with Crippen molar-refractivity contribution in [2.75, 3.05) is 5.32 Å². The highest BCUT2D eigenvalue weighted by atomic mass is 35.5. The number of aryl methyl sites for hydroxylation is 1. The molecule has 0 fully saturated rings. The summed E-state index contributed by atoms with van der Waals surface area (Å²) in [5.41, 5.74) is 1.99. The van der Waals surface area contributed by atoms with Gasteiger partial charge in [-0.15, -0.1) is 0 Å². The summed E-state index contributed by atoms with van der Waals surface area (Å²) in [7, 11) is 0. The van der Waals surface area contributed by atoms with E-state index in [1.54, 1.807) is 47.4 Å². The molecule has 0 unspecified atom stereocenters. The van der Waals surface area contributed by atoms with E-state index in [-0.39, 0.29) is 18.2 Å². The molecule has 2 heterocycles. The number of carbonyl (C=O) groups is 1. The van der Waals surface area contributed by atoms with Crippen LogP contribution in [0.4, 0.5) is 5.82 Å². The van der Waals surface area contributed by atoms with Gasteiger partial charge in [-0.05, 0) is 54.4 Å². The van der Waals surface area contributed by atoms with Crippen molar-refractivity contribution in [1.29, 1.82) is 0 Å². The Labute approximate surface area is 209 Å². The van der Waals surface area contributed by atoms with Crippen LogP contribution in [0.1, 0.15) is 21.6 Å². The predicted octanol–water partition coefficient (Wildman–Crippen LogP) is 6.34. The lowest BCUT2D eigenvalue weighted by molar-refractivity contribution is 0.101. The Morgan fingerprint density at radius 1 is 0.939 bits per heavy atom. The SMILES string of the molecule is Cc1cc(OCn2ccc(C(=O)Nc3nn(Cc4ccc(Cl)c(Cl)c4)cc3Cl)n2)ccc1Cl. The maximum absolute atomic E-state index is 12.6. The number of rotatable bonds is 7. The lowest BCUT2D eigenvalue weighted by Gasteiger charge is -2.07. The molecule has 11 heteroatoms. The molecule has 0 bridgehead atoms. The zero-order chi connectivity index (χ0) is 23.5. The van der Waals surface area contributed by atoms with Gasteiger partial charge in [0.2, 0.25) is 0 Å². The molecule has 2 aromatic heterocycles. The Bertz CT molecular complexity index is 1320. The lowest BCUT2D eigenvalue weighted by Crippen LogP contribution is -2.15. The first kappa shape index (κ1) is 23.4. The van der Waals surface area contributed by atoms with Crippen LogP contribution in [0.3, 0.4) is 0 Å². The van der Waals surface area contributed by atoms with Crippen LogP contribution in [0, 0.1) is 6.92 Å². The number of carbonyl (C=O) groups excluding carboxylic acids is 1. The third-order valence-electron chi connectivity index (χ3n) is 4.64. The fourth-order valence-electron chi connectivity index (χ4n) is 2.96. The molecule has 4 aromatic rings. The van der Waals surface area contributed by atoms with Crippen molar-refractivity contribution in [3.63, 3.8) is 0 Å². The first-order valence-electron chi connectivity index (χ1n) is 9.69. The second-order valence-corrected chi connectivity index (χ2v) is 8.78. The van der Waals surface area contributed by atoms with Crippen molar-refractivity contribution in [2.45, 2.75) is 20.2 Å². The van der Waals surface area contributed by atoms with Crippen molar-refractivity contribution in [2.24, 2.45) is 0 Å². The zero-order valence-corrected chi connectivity index (χ0v) is 20.3. The summed E-state index contributed by atoms with van der Waals surface area (Å²) in [4.78, 5) is 12.6. The summed E-state index contributed by atoms with van der Waals surface area (Å²) in [6.07, 6.45) is 3.25. The molecule has 0 saturated heterocycles. The number of nitrogens with one attached hydrogen (secondary N) is 1. The zero-order valence-electron chi connectivity index (χ0n) is 17.2. The molecule has 33 heavy (non-hydrogen) atoms. The summed E-state index contributed by atoms with van der Waals surface area (Å²) in [6.45, 7) is 2.43. The fraction of sp³-hybridized carbons (Fsp3) is 0.136. The highest BCUT2D eigenvalue weighted by Gasteiger charge is 2.15. The molecule has 0 aliphatic rings. The fourth-order valence-corrected chi connectivity index (χ4v) is 3.60. The second kappa shape index (κ2) is 10.1. The third kappa shape index (κ3) is 5.81. The van der Waals surface area contributed by atoms with Gasteiger partial charge in [-0.2, -0.15) is 10.2 Å². The van der Waals surface area contributed by atoms with Crippen LogP contribution in [-0.4, -0.2) is 25.5 Å². The number of halogens is 4. The third-order valence-corrected chi connectivity index (χ3v) is 6.08. The number of amides is 1. The number of ether oxygens (including phenoxy) is 1. The van der Waals surface area contributed by atoms with Crippen LogP contribution in [0.25, 0.3) is 0 Å². The van der Waals surface area contributed by atoms with Gasteiger partial charge in [0.25, 0.3) is 5.91 Å². The van der Waals surface area contributed by atoms with Gasteiger partial charge in [-0.25, -0.2) is 4.68 Å². The van der Waals surface area contributed by atoms with Crippen LogP contribution in [0.5, 0.6) is 5.75 Å². The van der Waals surface area contributed by atoms with Crippen LogP contribution in [0.15, 0.2) is 54.9 Å². The normalized spacial score (nSPS) is 10.9. The maximum atomic E-state index is 12.6.